The molecule has 2 nitrogen and oxygen atoms in total. The fourth-order valence-electron chi connectivity index (χ4n) is 0.0527. The molecular formula is C4H9NO. The summed E-state index contributed by atoms with van der Waals surface area (Å²) in [4.78, 5) is 0. The van der Waals surface area contributed by atoms with E-state index in [1.165, 1.54) is 0 Å². The molecule has 0 spiro atoms. The van der Waals surface area contributed by atoms with Gasteiger partial charge in [0.2, 0.25) is 0 Å². The van der Waals surface area contributed by atoms with E-state index in [9.17, 15) is 0 Å². The summed E-state index contributed by atoms with van der Waals surface area (Å²) in [7, 11) is 0. The van der Waals surface area contributed by atoms with Gasteiger partial charge in [0, 0.05) is 6.54 Å². The van der Waals surface area contributed by atoms with Crippen LogP contribution in [0, 0.1) is 0 Å². The van der Waals surface area contributed by atoms with Gasteiger partial charge < -0.3 is 10.8 Å². The topological polar surface area (TPSA) is 46.2 Å². The number of nitrogens with two attached hydrogens (primary N) is 1. The van der Waals surface area contributed by atoms with Gasteiger partial charge in [-0.2, -0.15) is 0 Å². The Kier molecular flexibility index (Phi) is 2.50. The summed E-state index contributed by atoms with van der Waals surface area (Å²) in [5.74, 6) is 0. The van der Waals surface area contributed by atoms with Gasteiger partial charge in [-0.1, -0.05) is 0 Å². The molecule has 0 fully saturated rings. The molecule has 0 aliphatic heterocycles. The molecule has 0 saturated heterocycles. The van der Waals surface area contributed by atoms with Crippen LogP contribution in [0.5, 0.6) is 0 Å². The summed E-state index contributed by atoms with van der Waals surface area (Å²) >= 11 is 0. The molecule has 0 rings (SSSR count). The van der Waals surface area contributed by atoms with E-state index >= 15 is 0 Å². The molecule has 6 heavy (non-hydrogen) atoms. The fraction of sp³-hybridized carbons (Fsp3) is 0.500. The average molecular weight is 87.1 g/mol. The van der Waals surface area contributed by atoms with Crippen LogP contribution in [-0.4, -0.2) is 11.7 Å². The van der Waals surface area contributed by atoms with Crippen LogP contribution in [0.4, 0.5) is 0 Å². The molecule has 0 aromatic rings. The minimum Gasteiger partial charge on any atom is -0.516 e. The molecule has 0 aromatic heterocycles. The second-order valence-electron chi connectivity index (χ2n) is 1.18. The lowest BCUT2D eigenvalue weighted by atomic mass is 10.4. The van der Waals surface area contributed by atoms with Crippen LogP contribution in [0.2, 0.25) is 0 Å². The van der Waals surface area contributed by atoms with Gasteiger partial charge >= 0.3 is 0 Å². The van der Waals surface area contributed by atoms with Crippen molar-refractivity contribution in [2.45, 2.75) is 6.92 Å². The lowest BCUT2D eigenvalue weighted by Gasteiger charge is -1.84. The van der Waals surface area contributed by atoms with Gasteiger partial charge in [-0.3, -0.25) is 0 Å². The monoisotopic (exact) mass is 87.1 g/mol. The van der Waals surface area contributed by atoms with E-state index in [-0.39, 0.29) is 0 Å². The van der Waals surface area contributed by atoms with Crippen LogP contribution in [-0.2, 0) is 0 Å². The van der Waals surface area contributed by atoms with Crippen molar-refractivity contribution in [3.05, 3.63) is 11.8 Å². The fourth-order valence-corrected chi connectivity index (χ4v) is 0.0527. The van der Waals surface area contributed by atoms with Crippen molar-refractivity contribution in [1.82, 2.24) is 0 Å². The molecule has 0 atom stereocenters. The van der Waals surface area contributed by atoms with E-state index < -0.39 is 0 Å². The van der Waals surface area contributed by atoms with E-state index in [0.717, 1.165) is 11.8 Å². The molecular weight excluding hydrogens is 78.1 g/mol. The molecule has 0 aliphatic carbocycles. The third-order valence-electron chi connectivity index (χ3n) is 0.542. The van der Waals surface area contributed by atoms with Gasteiger partial charge in [-0.25, -0.2) is 0 Å². The van der Waals surface area contributed by atoms with Crippen molar-refractivity contribution >= 4 is 0 Å². The lowest BCUT2D eigenvalue weighted by molar-refractivity contribution is 0.466. The van der Waals surface area contributed by atoms with Crippen molar-refractivity contribution in [1.29, 1.82) is 0 Å². The first-order valence-electron chi connectivity index (χ1n) is 1.81. The molecule has 0 bridgehead atoms. The smallest absolute Gasteiger partial charge is 0.0793 e. The summed E-state index contributed by atoms with van der Waals surface area (Å²) in [5, 5.41) is 8.09. The zero-order chi connectivity index (χ0) is 4.99. The maximum Gasteiger partial charge on any atom is 0.0793 e. The number of aliphatic hydroxyl groups is 1. The molecule has 3 N–H and O–H groups in total. The van der Waals surface area contributed by atoms with Gasteiger partial charge in [-0.15, -0.1) is 0 Å². The van der Waals surface area contributed by atoms with E-state index in [0.29, 0.717) is 6.54 Å². The molecule has 0 radical (unpaired) electrons. The second-order valence-corrected chi connectivity index (χ2v) is 1.18. The molecule has 0 amide bonds. The van der Waals surface area contributed by atoms with E-state index in [4.69, 9.17) is 10.8 Å². The molecule has 36 valence electrons. The van der Waals surface area contributed by atoms with Crippen LogP contribution in [0.1, 0.15) is 6.92 Å². The summed E-state index contributed by atoms with van der Waals surface area (Å²) in [6.07, 6.45) is 1.01. The van der Waals surface area contributed by atoms with Crippen LogP contribution in [0.3, 0.4) is 0 Å². The minimum absolute atomic E-state index is 0.441. The zero-order valence-corrected chi connectivity index (χ0v) is 3.81. The molecule has 0 heterocycles. The summed E-state index contributed by atoms with van der Waals surface area (Å²) in [5.41, 5.74) is 5.86. The standard InChI is InChI=1S/C4H9NO/c1-4(2-5)3-6/h3,6H,2,5H2,1H3/b4-3+. The molecule has 0 aliphatic rings. The van der Waals surface area contributed by atoms with Gasteiger partial charge in [0.15, 0.2) is 0 Å². The first-order valence-corrected chi connectivity index (χ1v) is 1.81. The second kappa shape index (κ2) is 2.72. The van der Waals surface area contributed by atoms with Gasteiger partial charge in [0.05, 0.1) is 6.26 Å². The van der Waals surface area contributed by atoms with Crippen LogP contribution >= 0.6 is 0 Å². The Hall–Kier alpha value is -0.500. The third kappa shape index (κ3) is 1.79. The van der Waals surface area contributed by atoms with Crippen LogP contribution < -0.4 is 5.73 Å². The quantitative estimate of drug-likeness (QED) is 0.455. The average Bonchev–Trinajstić information content (AvgIpc) is 1.65. The Morgan fingerprint density at radius 2 is 2.50 bits per heavy atom. The van der Waals surface area contributed by atoms with Gasteiger partial charge in [0.1, 0.15) is 0 Å². The minimum atomic E-state index is 0.441. The molecule has 0 saturated carbocycles. The predicted molar refractivity (Wildman–Crippen MR) is 25.4 cm³/mol. The lowest BCUT2D eigenvalue weighted by Crippen LogP contribution is -1.98. The highest BCUT2D eigenvalue weighted by Crippen LogP contribution is 1.80. The Labute approximate surface area is 37.3 Å². The highest BCUT2D eigenvalue weighted by Gasteiger charge is 1.75. The molecule has 2 heteroatoms. The summed E-state index contributed by atoms with van der Waals surface area (Å²) in [6, 6.07) is 0. The first kappa shape index (κ1) is 5.50. The van der Waals surface area contributed by atoms with Gasteiger partial charge in [-0.05, 0) is 12.5 Å². The normalized spacial score (nSPS) is 12.0. The zero-order valence-electron chi connectivity index (χ0n) is 3.81. The SMILES string of the molecule is C/C(=C\O)CN. The highest BCUT2D eigenvalue weighted by molar-refractivity contribution is 4.92. The van der Waals surface area contributed by atoms with Crippen LogP contribution in [0.25, 0.3) is 0 Å². The first-order chi connectivity index (χ1) is 2.81. The van der Waals surface area contributed by atoms with Crippen LogP contribution in [0.15, 0.2) is 11.8 Å². The van der Waals surface area contributed by atoms with Crippen molar-refractivity contribution in [3.8, 4) is 0 Å². The Balaban J connectivity index is 3.22. The highest BCUT2D eigenvalue weighted by atomic mass is 16.2. The van der Waals surface area contributed by atoms with Gasteiger partial charge in [0.25, 0.3) is 0 Å². The summed E-state index contributed by atoms with van der Waals surface area (Å²) < 4.78 is 0. The van der Waals surface area contributed by atoms with Crippen molar-refractivity contribution < 1.29 is 5.11 Å². The van der Waals surface area contributed by atoms with E-state index in [1.807, 2.05) is 0 Å². The van der Waals surface area contributed by atoms with Crippen molar-refractivity contribution in [3.63, 3.8) is 0 Å². The third-order valence-corrected chi connectivity index (χ3v) is 0.542. The maximum atomic E-state index is 8.09. The Bertz CT molecular complexity index is 58.6. The number of hydrogen-bond donors (Lipinski definition) is 2. The number of rotatable bonds is 1. The number of hydrogen-bond acceptors (Lipinski definition) is 2. The Morgan fingerprint density at radius 1 is 2.00 bits per heavy atom. The number of aliphatic hydroxyl groups excluding tert-OH is 1. The van der Waals surface area contributed by atoms with E-state index in [2.05, 4.69) is 0 Å². The largest absolute Gasteiger partial charge is 0.516 e. The Morgan fingerprint density at radius 3 is 2.50 bits per heavy atom. The summed E-state index contributed by atoms with van der Waals surface area (Å²) in [6.45, 7) is 2.20. The maximum absolute atomic E-state index is 8.09. The molecule has 0 unspecified atom stereocenters. The molecule has 0 aromatic carbocycles. The van der Waals surface area contributed by atoms with Crippen molar-refractivity contribution in [2.75, 3.05) is 6.54 Å². The van der Waals surface area contributed by atoms with E-state index in [1.54, 1.807) is 6.92 Å². The van der Waals surface area contributed by atoms with Crippen molar-refractivity contribution in [2.24, 2.45) is 5.73 Å². The predicted octanol–water partition coefficient (Wildman–Crippen LogP) is 0.407.